The molecular formula is C26H24Cl2N2O5. The molecule has 0 aliphatic heterocycles. The summed E-state index contributed by atoms with van der Waals surface area (Å²) in [5, 5.41) is 6.52. The van der Waals surface area contributed by atoms with Crippen LogP contribution in [0.25, 0.3) is 0 Å². The number of anilines is 2. The van der Waals surface area contributed by atoms with Gasteiger partial charge in [-0.2, -0.15) is 0 Å². The normalized spacial score (nSPS) is 10.4. The second-order valence-electron chi connectivity index (χ2n) is 7.65. The molecule has 182 valence electrons. The maximum atomic E-state index is 12.1. The summed E-state index contributed by atoms with van der Waals surface area (Å²) in [5.74, 6) is -0.00562. The van der Waals surface area contributed by atoms with E-state index >= 15 is 0 Å². The van der Waals surface area contributed by atoms with Crippen LogP contribution >= 0.6 is 23.2 Å². The number of esters is 1. The van der Waals surface area contributed by atoms with Crippen LogP contribution in [0, 0.1) is 6.92 Å². The lowest BCUT2D eigenvalue weighted by Crippen LogP contribution is -2.21. The van der Waals surface area contributed by atoms with Gasteiger partial charge in [0, 0.05) is 34.3 Å². The van der Waals surface area contributed by atoms with Gasteiger partial charge in [-0.1, -0.05) is 29.3 Å². The zero-order valence-electron chi connectivity index (χ0n) is 19.0. The number of benzene rings is 3. The molecule has 2 amide bonds. The fourth-order valence-electron chi connectivity index (χ4n) is 2.95. The molecule has 9 heteroatoms. The van der Waals surface area contributed by atoms with Crippen LogP contribution in [0.3, 0.4) is 0 Å². The maximum absolute atomic E-state index is 12.1. The average Bonchev–Trinajstić information content (AvgIpc) is 2.83. The number of aryl methyl sites for hydroxylation is 1. The molecule has 0 bridgehead atoms. The Bertz CT molecular complexity index is 1180. The first-order valence-electron chi connectivity index (χ1n) is 10.8. The van der Waals surface area contributed by atoms with Crippen LogP contribution in [0.2, 0.25) is 10.0 Å². The van der Waals surface area contributed by atoms with Gasteiger partial charge in [0.05, 0.1) is 0 Å². The van der Waals surface area contributed by atoms with Crippen molar-refractivity contribution in [3.63, 3.8) is 0 Å². The van der Waals surface area contributed by atoms with Crippen LogP contribution in [-0.4, -0.2) is 24.4 Å². The summed E-state index contributed by atoms with van der Waals surface area (Å²) < 4.78 is 10.7. The third-order valence-corrected chi connectivity index (χ3v) is 5.45. The lowest BCUT2D eigenvalue weighted by atomic mass is 10.2. The predicted molar refractivity (Wildman–Crippen MR) is 136 cm³/mol. The summed E-state index contributed by atoms with van der Waals surface area (Å²) in [5.41, 5.74) is 2.01. The third kappa shape index (κ3) is 8.96. The molecule has 0 spiro atoms. The topological polar surface area (TPSA) is 93.7 Å². The Labute approximate surface area is 213 Å². The van der Waals surface area contributed by atoms with Crippen LogP contribution < -0.4 is 15.4 Å². The van der Waals surface area contributed by atoms with Crippen molar-refractivity contribution in [2.75, 3.05) is 17.2 Å². The van der Waals surface area contributed by atoms with Crippen LogP contribution in [0.15, 0.2) is 66.7 Å². The first-order valence-corrected chi connectivity index (χ1v) is 11.6. The van der Waals surface area contributed by atoms with Crippen molar-refractivity contribution in [2.24, 2.45) is 0 Å². The van der Waals surface area contributed by atoms with Gasteiger partial charge in [0.2, 0.25) is 5.91 Å². The van der Waals surface area contributed by atoms with Crippen LogP contribution in [0.4, 0.5) is 11.4 Å². The summed E-state index contributed by atoms with van der Waals surface area (Å²) in [4.78, 5) is 35.9. The Morgan fingerprint density at radius 1 is 0.771 bits per heavy atom. The molecule has 0 unspecified atom stereocenters. The summed E-state index contributed by atoms with van der Waals surface area (Å²) in [6, 6.07) is 19.0. The Kier molecular flexibility index (Phi) is 9.52. The van der Waals surface area contributed by atoms with E-state index in [9.17, 15) is 14.4 Å². The summed E-state index contributed by atoms with van der Waals surface area (Å²) in [7, 11) is 0. The molecule has 0 atom stereocenters. The molecule has 0 heterocycles. The zero-order chi connectivity index (χ0) is 25.2. The van der Waals surface area contributed by atoms with Crippen molar-refractivity contribution in [1.29, 1.82) is 0 Å². The second-order valence-corrected chi connectivity index (χ2v) is 8.50. The number of rotatable bonds is 10. The lowest BCUT2D eigenvalue weighted by Gasteiger charge is -2.09. The van der Waals surface area contributed by atoms with Gasteiger partial charge in [-0.15, -0.1) is 0 Å². The van der Waals surface area contributed by atoms with E-state index in [1.54, 1.807) is 66.7 Å². The van der Waals surface area contributed by atoms with E-state index in [1.807, 2.05) is 6.92 Å². The van der Waals surface area contributed by atoms with Crippen molar-refractivity contribution in [3.05, 3.63) is 82.3 Å². The SMILES string of the molecule is Cc1ccc(NC(=O)COC(=O)CCCC(=O)Nc2ccc(Oc3ccc(Cl)cc3)cc2)cc1Cl. The largest absolute Gasteiger partial charge is 0.457 e. The summed E-state index contributed by atoms with van der Waals surface area (Å²) in [6.45, 7) is 1.44. The number of ether oxygens (including phenoxy) is 2. The molecule has 0 aromatic heterocycles. The van der Waals surface area contributed by atoms with E-state index in [4.69, 9.17) is 32.7 Å². The minimum absolute atomic E-state index is 0.0188. The summed E-state index contributed by atoms with van der Waals surface area (Å²) >= 11 is 11.9. The highest BCUT2D eigenvalue weighted by molar-refractivity contribution is 6.31. The molecule has 0 radical (unpaired) electrons. The molecule has 3 aromatic rings. The molecule has 0 aliphatic rings. The number of carbonyl (C=O) groups is 3. The van der Waals surface area contributed by atoms with Gasteiger partial charge in [0.1, 0.15) is 11.5 Å². The van der Waals surface area contributed by atoms with Crippen LogP contribution in [0.1, 0.15) is 24.8 Å². The third-order valence-electron chi connectivity index (χ3n) is 4.79. The first-order chi connectivity index (χ1) is 16.8. The van der Waals surface area contributed by atoms with Gasteiger partial charge in [-0.25, -0.2) is 0 Å². The number of hydrogen-bond acceptors (Lipinski definition) is 5. The van der Waals surface area contributed by atoms with Gasteiger partial charge in [0.15, 0.2) is 6.61 Å². The van der Waals surface area contributed by atoms with Crippen molar-refractivity contribution in [3.8, 4) is 11.5 Å². The van der Waals surface area contributed by atoms with Crippen LogP contribution in [-0.2, 0) is 19.1 Å². The number of amides is 2. The number of carbonyl (C=O) groups excluding carboxylic acids is 3. The van der Waals surface area contributed by atoms with Gasteiger partial charge < -0.3 is 20.1 Å². The Morgan fingerprint density at radius 2 is 1.37 bits per heavy atom. The highest BCUT2D eigenvalue weighted by Crippen LogP contribution is 2.24. The Morgan fingerprint density at radius 3 is 2.03 bits per heavy atom. The van der Waals surface area contributed by atoms with Crippen molar-refractivity contribution >= 4 is 52.4 Å². The molecule has 3 rings (SSSR count). The molecule has 35 heavy (non-hydrogen) atoms. The van der Waals surface area contributed by atoms with Gasteiger partial charge in [-0.3, -0.25) is 14.4 Å². The van der Waals surface area contributed by atoms with Gasteiger partial charge in [-0.05, 0) is 79.6 Å². The fraction of sp³-hybridized carbons (Fsp3) is 0.192. The predicted octanol–water partition coefficient (Wildman–Crippen LogP) is 6.38. The Balaban J connectivity index is 1.32. The second kappa shape index (κ2) is 12.8. The molecule has 0 saturated carbocycles. The van der Waals surface area contributed by atoms with E-state index in [2.05, 4.69) is 10.6 Å². The van der Waals surface area contributed by atoms with Crippen molar-refractivity contribution in [1.82, 2.24) is 0 Å². The molecule has 7 nitrogen and oxygen atoms in total. The van der Waals surface area contributed by atoms with E-state index in [1.165, 1.54) is 0 Å². The molecule has 3 aromatic carbocycles. The maximum Gasteiger partial charge on any atom is 0.306 e. The minimum Gasteiger partial charge on any atom is -0.457 e. The van der Waals surface area contributed by atoms with Crippen LogP contribution in [0.5, 0.6) is 11.5 Å². The highest BCUT2D eigenvalue weighted by atomic mass is 35.5. The number of halogens is 2. The minimum atomic E-state index is -0.557. The molecule has 0 fully saturated rings. The van der Waals surface area contributed by atoms with E-state index in [0.717, 1.165) is 5.56 Å². The quantitative estimate of drug-likeness (QED) is 0.306. The Hall–Kier alpha value is -3.55. The first kappa shape index (κ1) is 26.1. The fourth-order valence-corrected chi connectivity index (χ4v) is 3.25. The van der Waals surface area contributed by atoms with Crippen molar-refractivity contribution in [2.45, 2.75) is 26.2 Å². The van der Waals surface area contributed by atoms with E-state index < -0.39 is 18.5 Å². The van der Waals surface area contributed by atoms with E-state index in [-0.39, 0.29) is 25.2 Å². The van der Waals surface area contributed by atoms with Crippen molar-refractivity contribution < 1.29 is 23.9 Å². The molecule has 0 aliphatic carbocycles. The van der Waals surface area contributed by atoms with Gasteiger partial charge >= 0.3 is 5.97 Å². The van der Waals surface area contributed by atoms with E-state index in [0.29, 0.717) is 32.9 Å². The standard InChI is InChI=1S/C26H24Cl2N2O5/c1-17-5-8-20(15-23(17)28)30-25(32)16-34-26(33)4-2-3-24(31)29-19-9-13-22(14-10-19)35-21-11-6-18(27)7-12-21/h5-15H,2-4,16H2,1H3,(H,29,31)(H,30,32). The lowest BCUT2D eigenvalue weighted by molar-refractivity contribution is -0.147. The molecule has 0 saturated heterocycles. The summed E-state index contributed by atoms with van der Waals surface area (Å²) in [6.07, 6.45) is 0.439. The smallest absolute Gasteiger partial charge is 0.306 e. The molecular weight excluding hydrogens is 491 g/mol. The number of hydrogen-bond donors (Lipinski definition) is 2. The molecule has 2 N–H and O–H groups in total. The number of nitrogens with one attached hydrogen (secondary N) is 2. The average molecular weight is 515 g/mol. The van der Waals surface area contributed by atoms with Gasteiger partial charge in [0.25, 0.3) is 5.91 Å². The zero-order valence-corrected chi connectivity index (χ0v) is 20.5. The highest BCUT2D eigenvalue weighted by Gasteiger charge is 2.10. The monoisotopic (exact) mass is 514 g/mol.